The largest absolute Gasteiger partial charge is 0.355 e. The third-order valence-electron chi connectivity index (χ3n) is 4.01. The van der Waals surface area contributed by atoms with Crippen molar-refractivity contribution in [2.75, 3.05) is 7.05 Å². The van der Waals surface area contributed by atoms with E-state index < -0.39 is 0 Å². The summed E-state index contributed by atoms with van der Waals surface area (Å²) in [6.07, 6.45) is 3.62. The average Bonchev–Trinajstić information content (AvgIpc) is 3.17. The predicted octanol–water partition coefficient (Wildman–Crippen LogP) is 2.48. The number of hydrogen-bond donors (Lipinski definition) is 2. The van der Waals surface area contributed by atoms with Gasteiger partial charge in [-0.15, -0.1) is 0 Å². The van der Waals surface area contributed by atoms with E-state index in [0.29, 0.717) is 5.56 Å². The molecule has 0 atom stereocenters. The summed E-state index contributed by atoms with van der Waals surface area (Å²) in [4.78, 5) is 19.6. The molecular weight excluding hydrogens is 290 g/mol. The Labute approximate surface area is 132 Å². The molecular formula is C17H15N5O. The van der Waals surface area contributed by atoms with Gasteiger partial charge in [0.2, 0.25) is 0 Å². The Balaban J connectivity index is 1.91. The van der Waals surface area contributed by atoms with Crippen molar-refractivity contribution in [1.29, 1.82) is 0 Å². The van der Waals surface area contributed by atoms with Crippen LogP contribution in [0.5, 0.6) is 0 Å². The van der Waals surface area contributed by atoms with Crippen molar-refractivity contribution in [3.63, 3.8) is 0 Å². The molecule has 0 bridgehead atoms. The molecule has 2 N–H and O–H groups in total. The van der Waals surface area contributed by atoms with E-state index in [9.17, 15) is 4.79 Å². The number of aromatic nitrogens is 4. The molecule has 0 radical (unpaired) electrons. The number of hydrogen-bond acceptors (Lipinski definition) is 3. The highest BCUT2D eigenvalue weighted by atomic mass is 16.1. The number of nitrogens with zero attached hydrogens (tertiary/aromatic N) is 3. The number of rotatable bonds is 2. The summed E-state index contributed by atoms with van der Waals surface area (Å²) in [5.41, 5.74) is 4.34. The van der Waals surface area contributed by atoms with Crippen molar-refractivity contribution >= 4 is 27.8 Å². The first-order valence-electron chi connectivity index (χ1n) is 7.29. The van der Waals surface area contributed by atoms with Gasteiger partial charge in [0.1, 0.15) is 5.65 Å². The molecule has 0 saturated carbocycles. The number of amides is 1. The number of fused-ring (bicyclic) bond motifs is 3. The fraction of sp³-hybridized carbons (Fsp3) is 0.118. The molecule has 3 aromatic heterocycles. The Morgan fingerprint density at radius 3 is 2.96 bits per heavy atom. The lowest BCUT2D eigenvalue weighted by molar-refractivity contribution is 0.0963. The molecule has 0 aliphatic rings. The van der Waals surface area contributed by atoms with Crippen LogP contribution in [0, 0.1) is 0 Å². The molecule has 0 fully saturated rings. The first-order chi connectivity index (χ1) is 11.2. The Morgan fingerprint density at radius 1 is 1.26 bits per heavy atom. The number of aromatic amines is 1. The summed E-state index contributed by atoms with van der Waals surface area (Å²) in [6.45, 7) is 0. The molecule has 23 heavy (non-hydrogen) atoms. The molecule has 4 aromatic rings. The van der Waals surface area contributed by atoms with Gasteiger partial charge >= 0.3 is 0 Å². The van der Waals surface area contributed by atoms with Gasteiger partial charge in [-0.3, -0.25) is 9.48 Å². The van der Waals surface area contributed by atoms with Crippen LogP contribution >= 0.6 is 0 Å². The molecule has 0 aliphatic heterocycles. The van der Waals surface area contributed by atoms with Gasteiger partial charge in [0.25, 0.3) is 5.91 Å². The third kappa shape index (κ3) is 2.07. The normalized spacial score (nSPS) is 11.2. The van der Waals surface area contributed by atoms with Gasteiger partial charge in [-0.1, -0.05) is 12.1 Å². The highest BCUT2D eigenvalue weighted by molar-refractivity contribution is 6.04. The van der Waals surface area contributed by atoms with E-state index in [1.807, 2.05) is 36.1 Å². The van der Waals surface area contributed by atoms with Crippen molar-refractivity contribution in [3.05, 3.63) is 48.3 Å². The van der Waals surface area contributed by atoms with Crippen molar-refractivity contribution in [3.8, 4) is 11.3 Å². The zero-order valence-electron chi connectivity index (χ0n) is 12.8. The van der Waals surface area contributed by atoms with E-state index in [0.717, 1.165) is 33.2 Å². The van der Waals surface area contributed by atoms with Crippen LogP contribution in [0.2, 0.25) is 0 Å². The van der Waals surface area contributed by atoms with Crippen LogP contribution in [0.3, 0.4) is 0 Å². The van der Waals surface area contributed by atoms with Crippen molar-refractivity contribution in [1.82, 2.24) is 25.1 Å². The van der Waals surface area contributed by atoms with E-state index in [4.69, 9.17) is 0 Å². The molecule has 0 spiro atoms. The third-order valence-corrected chi connectivity index (χ3v) is 4.01. The molecule has 1 aromatic carbocycles. The number of benzene rings is 1. The van der Waals surface area contributed by atoms with E-state index in [-0.39, 0.29) is 5.91 Å². The summed E-state index contributed by atoms with van der Waals surface area (Å²) in [5, 5.41) is 8.95. The maximum atomic E-state index is 11.8. The first-order valence-corrected chi connectivity index (χ1v) is 7.29. The fourth-order valence-electron chi connectivity index (χ4n) is 2.87. The Hall–Kier alpha value is -3.15. The SMILES string of the molecule is CNC(=O)c1cccc(-c2cc3c(ncc4cnn(C)c43)[nH]2)c1. The molecule has 114 valence electrons. The number of carbonyl (C=O) groups excluding carboxylic acids is 1. The molecule has 4 rings (SSSR count). The van der Waals surface area contributed by atoms with Gasteiger partial charge < -0.3 is 10.3 Å². The summed E-state index contributed by atoms with van der Waals surface area (Å²) in [6, 6.07) is 9.55. The molecule has 1 amide bonds. The molecule has 6 heteroatoms. The van der Waals surface area contributed by atoms with Gasteiger partial charge in [0, 0.05) is 42.3 Å². The van der Waals surface area contributed by atoms with Crippen LogP contribution in [0.4, 0.5) is 0 Å². The Bertz CT molecular complexity index is 1040. The first kappa shape index (κ1) is 13.5. The number of aryl methyl sites for hydroxylation is 1. The molecule has 0 saturated heterocycles. The maximum Gasteiger partial charge on any atom is 0.251 e. The summed E-state index contributed by atoms with van der Waals surface area (Å²) in [7, 11) is 3.54. The average molecular weight is 305 g/mol. The number of pyridine rings is 1. The lowest BCUT2D eigenvalue weighted by Crippen LogP contribution is -2.17. The second-order valence-corrected chi connectivity index (χ2v) is 5.44. The smallest absolute Gasteiger partial charge is 0.251 e. The molecule has 0 aliphatic carbocycles. The minimum atomic E-state index is -0.102. The second-order valence-electron chi connectivity index (χ2n) is 5.44. The molecule has 6 nitrogen and oxygen atoms in total. The van der Waals surface area contributed by atoms with Crippen LogP contribution in [-0.2, 0) is 7.05 Å². The lowest BCUT2D eigenvalue weighted by Gasteiger charge is -2.02. The summed E-state index contributed by atoms with van der Waals surface area (Å²) >= 11 is 0. The van der Waals surface area contributed by atoms with Gasteiger partial charge in [-0.05, 0) is 23.8 Å². The molecule has 0 unspecified atom stereocenters. The predicted molar refractivity (Wildman–Crippen MR) is 89.2 cm³/mol. The lowest BCUT2D eigenvalue weighted by atomic mass is 10.1. The van der Waals surface area contributed by atoms with Crippen LogP contribution in [0.15, 0.2) is 42.7 Å². The van der Waals surface area contributed by atoms with Gasteiger partial charge in [0.05, 0.1) is 11.7 Å². The highest BCUT2D eigenvalue weighted by Crippen LogP contribution is 2.28. The van der Waals surface area contributed by atoms with Gasteiger partial charge in [-0.25, -0.2) is 4.98 Å². The van der Waals surface area contributed by atoms with Gasteiger partial charge in [0.15, 0.2) is 0 Å². The van der Waals surface area contributed by atoms with E-state index in [1.165, 1.54) is 0 Å². The maximum absolute atomic E-state index is 11.8. The summed E-state index contributed by atoms with van der Waals surface area (Å²) in [5.74, 6) is -0.102. The minimum Gasteiger partial charge on any atom is -0.355 e. The monoisotopic (exact) mass is 305 g/mol. The van der Waals surface area contributed by atoms with Crippen LogP contribution in [0.25, 0.3) is 33.2 Å². The second kappa shape index (κ2) is 4.95. The van der Waals surface area contributed by atoms with E-state index in [2.05, 4.69) is 26.4 Å². The zero-order valence-corrected chi connectivity index (χ0v) is 12.8. The van der Waals surface area contributed by atoms with E-state index in [1.54, 1.807) is 19.3 Å². The van der Waals surface area contributed by atoms with Crippen LogP contribution in [-0.4, -0.2) is 32.7 Å². The van der Waals surface area contributed by atoms with Crippen LogP contribution < -0.4 is 5.32 Å². The molecule has 3 heterocycles. The Kier molecular flexibility index (Phi) is 2.90. The van der Waals surface area contributed by atoms with Crippen molar-refractivity contribution < 1.29 is 4.79 Å². The van der Waals surface area contributed by atoms with Crippen LogP contribution in [0.1, 0.15) is 10.4 Å². The number of carbonyl (C=O) groups is 1. The Morgan fingerprint density at radius 2 is 2.13 bits per heavy atom. The minimum absolute atomic E-state index is 0.102. The summed E-state index contributed by atoms with van der Waals surface area (Å²) < 4.78 is 1.85. The number of nitrogens with one attached hydrogen (secondary N) is 2. The fourth-order valence-corrected chi connectivity index (χ4v) is 2.87. The number of H-pyrrole nitrogens is 1. The highest BCUT2D eigenvalue weighted by Gasteiger charge is 2.12. The quantitative estimate of drug-likeness (QED) is 0.597. The van der Waals surface area contributed by atoms with Crippen molar-refractivity contribution in [2.24, 2.45) is 7.05 Å². The van der Waals surface area contributed by atoms with E-state index >= 15 is 0 Å². The standard InChI is InChI=1S/C17H15N5O/c1-18-17(23)11-5-3-4-10(6-11)14-7-13-15-12(9-20-22(15)2)8-19-16(13)21-14/h3-9H,1-2H3,(H,18,23)(H,19,21). The van der Waals surface area contributed by atoms with Gasteiger partial charge in [-0.2, -0.15) is 5.10 Å². The van der Waals surface area contributed by atoms with Crippen molar-refractivity contribution in [2.45, 2.75) is 0 Å². The zero-order chi connectivity index (χ0) is 16.0. The topological polar surface area (TPSA) is 75.6 Å².